The minimum Gasteiger partial charge on any atom is -0.334 e. The summed E-state index contributed by atoms with van der Waals surface area (Å²) in [5, 5.41) is 0. The van der Waals surface area contributed by atoms with E-state index in [1.807, 2.05) is 6.20 Å². The van der Waals surface area contributed by atoms with Gasteiger partial charge >= 0.3 is 0 Å². The van der Waals surface area contributed by atoms with Crippen LogP contribution < -0.4 is 0 Å². The maximum absolute atomic E-state index is 4.32. The molecular formula is C23H36N4. The van der Waals surface area contributed by atoms with Crippen molar-refractivity contribution in [3.63, 3.8) is 0 Å². The highest BCUT2D eigenvalue weighted by atomic mass is 15.1. The van der Waals surface area contributed by atoms with E-state index in [1.54, 1.807) is 0 Å². The average molecular weight is 369 g/mol. The molecule has 1 fully saturated rings. The van der Waals surface area contributed by atoms with Crippen LogP contribution in [-0.4, -0.2) is 46.0 Å². The summed E-state index contributed by atoms with van der Waals surface area (Å²) in [6.07, 6.45) is 6.68. The van der Waals surface area contributed by atoms with Gasteiger partial charge in [0.25, 0.3) is 0 Å². The molecule has 1 aromatic heterocycles. The zero-order valence-corrected chi connectivity index (χ0v) is 17.8. The van der Waals surface area contributed by atoms with Gasteiger partial charge in [0, 0.05) is 45.1 Å². The molecule has 0 spiro atoms. The molecule has 0 radical (unpaired) electrons. The molecule has 1 saturated heterocycles. The highest BCUT2D eigenvalue weighted by molar-refractivity contribution is 5.38. The fourth-order valence-corrected chi connectivity index (χ4v) is 4.30. The molecule has 0 N–H and O–H groups in total. The Morgan fingerprint density at radius 3 is 2.67 bits per heavy atom. The van der Waals surface area contributed by atoms with E-state index < -0.39 is 0 Å². The van der Waals surface area contributed by atoms with Crippen LogP contribution in [0.3, 0.4) is 0 Å². The molecule has 0 amide bonds. The Labute approximate surface area is 165 Å². The molecule has 0 saturated carbocycles. The van der Waals surface area contributed by atoms with Gasteiger partial charge < -0.3 is 9.47 Å². The minimum atomic E-state index is 0.834. The summed E-state index contributed by atoms with van der Waals surface area (Å²) >= 11 is 0. The summed E-state index contributed by atoms with van der Waals surface area (Å²) in [4.78, 5) is 9.39. The molecule has 4 heteroatoms. The van der Waals surface area contributed by atoms with Gasteiger partial charge in [-0.05, 0) is 69.8 Å². The van der Waals surface area contributed by atoms with Crippen LogP contribution in [-0.2, 0) is 19.6 Å². The first-order valence-electron chi connectivity index (χ1n) is 10.4. The number of aryl methyl sites for hydroxylation is 2. The van der Waals surface area contributed by atoms with E-state index in [4.69, 9.17) is 0 Å². The second kappa shape index (κ2) is 9.03. The van der Waals surface area contributed by atoms with Gasteiger partial charge in [-0.25, -0.2) is 4.98 Å². The van der Waals surface area contributed by atoms with Crippen molar-refractivity contribution in [3.8, 4) is 0 Å². The van der Waals surface area contributed by atoms with Gasteiger partial charge in [0.1, 0.15) is 5.82 Å². The average Bonchev–Trinajstić information content (AvgIpc) is 3.02. The lowest BCUT2D eigenvalue weighted by Crippen LogP contribution is -2.34. The van der Waals surface area contributed by atoms with E-state index in [1.165, 1.54) is 48.2 Å². The van der Waals surface area contributed by atoms with E-state index in [2.05, 4.69) is 72.4 Å². The first kappa shape index (κ1) is 20.1. The van der Waals surface area contributed by atoms with Gasteiger partial charge in [0.15, 0.2) is 0 Å². The molecule has 148 valence electrons. The number of benzene rings is 1. The van der Waals surface area contributed by atoms with Crippen LogP contribution >= 0.6 is 0 Å². The molecule has 1 aromatic carbocycles. The quantitative estimate of drug-likeness (QED) is 0.733. The van der Waals surface area contributed by atoms with Gasteiger partial charge in [0.05, 0.1) is 0 Å². The Balaban J connectivity index is 1.64. The standard InChI is InChI=1S/C23H36N4/c1-18-7-6-9-26(15-18)17-23-14-19(2)13-22(20(23)3)16-25(5)11-12-27-10-8-24-21(27)4/h8,10,13-14,18H,6-7,9,11-12,15-17H2,1-5H3. The molecule has 0 bridgehead atoms. The zero-order valence-electron chi connectivity index (χ0n) is 17.8. The molecular weight excluding hydrogens is 332 g/mol. The first-order chi connectivity index (χ1) is 12.9. The number of likely N-dealkylation sites (tertiary alicyclic amines) is 1. The number of hydrogen-bond acceptors (Lipinski definition) is 3. The predicted octanol–water partition coefficient (Wildman–Crippen LogP) is 4.17. The van der Waals surface area contributed by atoms with Crippen LogP contribution in [0.5, 0.6) is 0 Å². The number of aromatic nitrogens is 2. The van der Waals surface area contributed by atoms with Gasteiger partial charge in [0.2, 0.25) is 0 Å². The largest absolute Gasteiger partial charge is 0.334 e. The van der Waals surface area contributed by atoms with Gasteiger partial charge in [-0.3, -0.25) is 4.90 Å². The summed E-state index contributed by atoms with van der Waals surface area (Å²) in [5.41, 5.74) is 5.84. The van der Waals surface area contributed by atoms with Crippen LogP contribution in [0.2, 0.25) is 0 Å². The Hall–Kier alpha value is -1.65. The summed E-state index contributed by atoms with van der Waals surface area (Å²) in [7, 11) is 2.22. The second-order valence-electron chi connectivity index (χ2n) is 8.60. The third-order valence-corrected chi connectivity index (χ3v) is 5.99. The van der Waals surface area contributed by atoms with E-state index in [0.29, 0.717) is 0 Å². The first-order valence-corrected chi connectivity index (χ1v) is 10.4. The van der Waals surface area contributed by atoms with Crippen LogP contribution in [0.15, 0.2) is 24.5 Å². The second-order valence-corrected chi connectivity index (χ2v) is 8.60. The van der Waals surface area contributed by atoms with Crippen molar-refractivity contribution in [1.29, 1.82) is 0 Å². The smallest absolute Gasteiger partial charge is 0.105 e. The Morgan fingerprint density at radius 2 is 1.96 bits per heavy atom. The van der Waals surface area contributed by atoms with Crippen molar-refractivity contribution >= 4 is 0 Å². The molecule has 1 unspecified atom stereocenters. The number of likely N-dealkylation sites (N-methyl/N-ethyl adjacent to an activating group) is 1. The third-order valence-electron chi connectivity index (χ3n) is 5.99. The van der Waals surface area contributed by atoms with E-state index in [0.717, 1.165) is 37.9 Å². The van der Waals surface area contributed by atoms with Crippen LogP contribution in [0.4, 0.5) is 0 Å². The number of imidazole rings is 1. The predicted molar refractivity (Wildman–Crippen MR) is 113 cm³/mol. The lowest BCUT2D eigenvalue weighted by Gasteiger charge is -2.31. The Morgan fingerprint density at radius 1 is 1.19 bits per heavy atom. The Bertz CT molecular complexity index is 749. The van der Waals surface area contributed by atoms with E-state index in [-0.39, 0.29) is 0 Å². The van der Waals surface area contributed by atoms with Crippen LogP contribution in [0.1, 0.15) is 47.8 Å². The fourth-order valence-electron chi connectivity index (χ4n) is 4.30. The molecule has 1 aliphatic heterocycles. The van der Waals surface area contributed by atoms with Gasteiger partial charge in [-0.1, -0.05) is 24.6 Å². The summed E-state index contributed by atoms with van der Waals surface area (Å²) < 4.78 is 2.22. The van der Waals surface area contributed by atoms with Crippen molar-refractivity contribution in [3.05, 3.63) is 52.6 Å². The van der Waals surface area contributed by atoms with Crippen molar-refractivity contribution in [2.75, 3.05) is 26.7 Å². The van der Waals surface area contributed by atoms with Crippen molar-refractivity contribution < 1.29 is 0 Å². The van der Waals surface area contributed by atoms with Gasteiger partial charge in [-0.15, -0.1) is 0 Å². The highest BCUT2D eigenvalue weighted by Crippen LogP contribution is 2.23. The SMILES string of the molecule is Cc1cc(CN(C)CCn2ccnc2C)c(C)c(CN2CCCC(C)C2)c1. The van der Waals surface area contributed by atoms with E-state index in [9.17, 15) is 0 Å². The lowest BCUT2D eigenvalue weighted by molar-refractivity contribution is 0.176. The minimum absolute atomic E-state index is 0.834. The maximum Gasteiger partial charge on any atom is 0.105 e. The molecule has 1 atom stereocenters. The van der Waals surface area contributed by atoms with Gasteiger partial charge in [-0.2, -0.15) is 0 Å². The maximum atomic E-state index is 4.32. The molecule has 1 aliphatic rings. The lowest BCUT2D eigenvalue weighted by atomic mass is 9.96. The number of rotatable bonds is 7. The number of hydrogen-bond donors (Lipinski definition) is 0. The fraction of sp³-hybridized carbons (Fsp3) is 0.609. The third kappa shape index (κ3) is 5.43. The number of piperidine rings is 1. The molecule has 27 heavy (non-hydrogen) atoms. The molecule has 3 rings (SSSR count). The van der Waals surface area contributed by atoms with Crippen molar-refractivity contribution in [2.24, 2.45) is 5.92 Å². The summed E-state index contributed by atoms with van der Waals surface area (Å²) in [6, 6.07) is 4.77. The monoisotopic (exact) mass is 368 g/mol. The number of nitrogens with zero attached hydrogens (tertiary/aromatic N) is 4. The molecule has 2 aromatic rings. The molecule has 2 heterocycles. The molecule has 4 nitrogen and oxygen atoms in total. The van der Waals surface area contributed by atoms with Crippen LogP contribution in [0.25, 0.3) is 0 Å². The molecule has 0 aliphatic carbocycles. The van der Waals surface area contributed by atoms with Crippen molar-refractivity contribution in [1.82, 2.24) is 19.4 Å². The Kier molecular flexibility index (Phi) is 6.72. The van der Waals surface area contributed by atoms with E-state index >= 15 is 0 Å². The zero-order chi connectivity index (χ0) is 19.4. The van der Waals surface area contributed by atoms with Crippen LogP contribution in [0, 0.1) is 26.7 Å². The highest BCUT2D eigenvalue weighted by Gasteiger charge is 2.18. The topological polar surface area (TPSA) is 24.3 Å². The van der Waals surface area contributed by atoms with Crippen molar-refractivity contribution in [2.45, 2.75) is 60.2 Å². The normalized spacial score (nSPS) is 18.4. The summed E-state index contributed by atoms with van der Waals surface area (Å²) in [5.74, 6) is 1.93. The summed E-state index contributed by atoms with van der Waals surface area (Å²) in [6.45, 7) is 15.6.